The molecule has 1 saturated heterocycles. The second-order valence-electron chi connectivity index (χ2n) is 6.78. The number of hydrogen-bond donors (Lipinski definition) is 0. The third kappa shape index (κ3) is 2.74. The lowest BCUT2D eigenvalue weighted by Gasteiger charge is -2.15. The average Bonchev–Trinajstić information content (AvgIpc) is 3.29. The van der Waals surface area contributed by atoms with Gasteiger partial charge in [0, 0.05) is 31.2 Å². The van der Waals surface area contributed by atoms with Gasteiger partial charge in [-0.05, 0) is 32.8 Å². The fourth-order valence-electron chi connectivity index (χ4n) is 3.60. The molecule has 0 spiro atoms. The second kappa shape index (κ2) is 6.35. The molecule has 0 aromatic carbocycles. The number of amides is 1. The molecule has 0 aliphatic carbocycles. The SMILES string of the molecule is Cc1cc(-c2c(C)nc3scc(CC(=O)N4CCCC4)n3c2=O)n(C)n1. The van der Waals surface area contributed by atoms with Crippen molar-refractivity contribution in [3.63, 3.8) is 0 Å². The summed E-state index contributed by atoms with van der Waals surface area (Å²) >= 11 is 1.40. The fourth-order valence-corrected chi connectivity index (χ4v) is 4.53. The summed E-state index contributed by atoms with van der Waals surface area (Å²) in [4.78, 5) is 32.9. The molecule has 7 nitrogen and oxygen atoms in total. The second-order valence-corrected chi connectivity index (χ2v) is 7.62. The summed E-state index contributed by atoms with van der Waals surface area (Å²) < 4.78 is 3.29. The number of likely N-dealkylation sites (tertiary alicyclic amines) is 1. The Labute approximate surface area is 154 Å². The minimum Gasteiger partial charge on any atom is -0.342 e. The first-order chi connectivity index (χ1) is 12.5. The summed E-state index contributed by atoms with van der Waals surface area (Å²) in [5.41, 5.74) is 3.38. The zero-order valence-corrected chi connectivity index (χ0v) is 16.0. The number of thiazole rings is 1. The first-order valence-corrected chi connectivity index (χ1v) is 9.62. The number of nitrogens with zero attached hydrogens (tertiary/aromatic N) is 5. The topological polar surface area (TPSA) is 72.5 Å². The van der Waals surface area contributed by atoms with Crippen LogP contribution in [0.15, 0.2) is 16.2 Å². The number of aryl methyl sites for hydroxylation is 3. The summed E-state index contributed by atoms with van der Waals surface area (Å²) in [6.07, 6.45) is 2.34. The maximum Gasteiger partial charge on any atom is 0.268 e. The minimum atomic E-state index is -0.138. The van der Waals surface area contributed by atoms with Gasteiger partial charge in [-0.1, -0.05) is 0 Å². The van der Waals surface area contributed by atoms with E-state index in [4.69, 9.17) is 0 Å². The van der Waals surface area contributed by atoms with Crippen LogP contribution in [0.5, 0.6) is 0 Å². The van der Waals surface area contributed by atoms with Gasteiger partial charge in [-0.2, -0.15) is 5.10 Å². The minimum absolute atomic E-state index is 0.0765. The molecule has 0 N–H and O–H groups in total. The van der Waals surface area contributed by atoms with Crippen molar-refractivity contribution in [1.82, 2.24) is 24.1 Å². The summed E-state index contributed by atoms with van der Waals surface area (Å²) in [5.74, 6) is 0.0765. The molecule has 136 valence electrons. The Morgan fingerprint density at radius 3 is 2.65 bits per heavy atom. The molecule has 26 heavy (non-hydrogen) atoms. The number of aromatic nitrogens is 4. The molecule has 1 amide bonds. The van der Waals surface area contributed by atoms with Gasteiger partial charge in [0.05, 0.1) is 29.1 Å². The maximum atomic E-state index is 13.3. The van der Waals surface area contributed by atoms with E-state index in [0.717, 1.165) is 37.3 Å². The van der Waals surface area contributed by atoms with Crippen molar-refractivity contribution >= 4 is 22.2 Å². The van der Waals surface area contributed by atoms with E-state index in [1.165, 1.54) is 11.3 Å². The normalized spacial score (nSPS) is 14.5. The fraction of sp³-hybridized carbons (Fsp3) is 0.444. The molecule has 0 radical (unpaired) electrons. The molecule has 4 heterocycles. The molecule has 1 aliphatic heterocycles. The van der Waals surface area contributed by atoms with Gasteiger partial charge in [0.15, 0.2) is 4.96 Å². The summed E-state index contributed by atoms with van der Waals surface area (Å²) in [6.45, 7) is 5.36. The number of rotatable bonds is 3. The zero-order valence-electron chi connectivity index (χ0n) is 15.2. The molecule has 0 bridgehead atoms. The van der Waals surface area contributed by atoms with Crippen molar-refractivity contribution in [2.75, 3.05) is 13.1 Å². The summed E-state index contributed by atoms with van der Waals surface area (Å²) in [7, 11) is 1.82. The Kier molecular flexibility index (Phi) is 4.14. The third-order valence-corrected chi connectivity index (χ3v) is 5.74. The van der Waals surface area contributed by atoms with Crippen LogP contribution in [0.3, 0.4) is 0 Å². The van der Waals surface area contributed by atoms with E-state index in [2.05, 4.69) is 10.1 Å². The van der Waals surface area contributed by atoms with Crippen molar-refractivity contribution in [2.24, 2.45) is 7.05 Å². The highest BCUT2D eigenvalue weighted by molar-refractivity contribution is 7.15. The van der Waals surface area contributed by atoms with Gasteiger partial charge in [0.25, 0.3) is 5.56 Å². The number of fused-ring (bicyclic) bond motifs is 1. The van der Waals surface area contributed by atoms with E-state index in [-0.39, 0.29) is 17.9 Å². The van der Waals surface area contributed by atoms with Crippen LogP contribution in [0.4, 0.5) is 0 Å². The quantitative estimate of drug-likeness (QED) is 0.705. The van der Waals surface area contributed by atoms with Gasteiger partial charge in [-0.25, -0.2) is 4.98 Å². The van der Waals surface area contributed by atoms with Crippen LogP contribution in [0.25, 0.3) is 16.2 Å². The predicted molar refractivity (Wildman–Crippen MR) is 101 cm³/mol. The van der Waals surface area contributed by atoms with E-state index < -0.39 is 0 Å². The Hall–Kier alpha value is -2.48. The Morgan fingerprint density at radius 1 is 1.27 bits per heavy atom. The van der Waals surface area contributed by atoms with Crippen LogP contribution in [-0.4, -0.2) is 43.1 Å². The molecule has 3 aromatic heterocycles. The number of carbonyl (C=O) groups excluding carboxylic acids is 1. The van der Waals surface area contributed by atoms with Crippen LogP contribution in [0.1, 0.15) is 29.9 Å². The molecule has 0 atom stereocenters. The molecular formula is C18H21N5O2S. The van der Waals surface area contributed by atoms with Crippen molar-refractivity contribution in [3.05, 3.63) is 38.9 Å². The molecular weight excluding hydrogens is 350 g/mol. The van der Waals surface area contributed by atoms with Crippen LogP contribution in [0, 0.1) is 13.8 Å². The molecule has 0 saturated carbocycles. The van der Waals surface area contributed by atoms with E-state index in [1.54, 1.807) is 9.08 Å². The third-order valence-electron chi connectivity index (χ3n) is 4.87. The lowest BCUT2D eigenvalue weighted by atomic mass is 10.1. The van der Waals surface area contributed by atoms with Crippen molar-refractivity contribution < 1.29 is 4.79 Å². The van der Waals surface area contributed by atoms with Crippen molar-refractivity contribution in [3.8, 4) is 11.3 Å². The summed E-state index contributed by atoms with van der Waals surface area (Å²) in [6, 6.07) is 1.89. The highest BCUT2D eigenvalue weighted by atomic mass is 32.1. The Balaban J connectivity index is 1.82. The van der Waals surface area contributed by atoms with Crippen LogP contribution < -0.4 is 5.56 Å². The van der Waals surface area contributed by atoms with Gasteiger partial charge >= 0.3 is 0 Å². The summed E-state index contributed by atoms with van der Waals surface area (Å²) in [5, 5.41) is 6.21. The maximum absolute atomic E-state index is 13.3. The van der Waals surface area contributed by atoms with Crippen molar-refractivity contribution in [2.45, 2.75) is 33.1 Å². The highest BCUT2D eigenvalue weighted by Crippen LogP contribution is 2.23. The lowest BCUT2D eigenvalue weighted by Crippen LogP contribution is -2.30. The highest BCUT2D eigenvalue weighted by Gasteiger charge is 2.22. The molecule has 3 aromatic rings. The van der Waals surface area contributed by atoms with E-state index >= 15 is 0 Å². The number of hydrogen-bond acceptors (Lipinski definition) is 5. The van der Waals surface area contributed by atoms with Gasteiger partial charge < -0.3 is 4.90 Å². The van der Waals surface area contributed by atoms with Gasteiger partial charge in [0.1, 0.15) is 0 Å². The first kappa shape index (κ1) is 17.0. The van der Waals surface area contributed by atoms with Crippen molar-refractivity contribution in [1.29, 1.82) is 0 Å². The smallest absolute Gasteiger partial charge is 0.268 e. The molecule has 1 fully saturated rings. The molecule has 0 unspecified atom stereocenters. The Morgan fingerprint density at radius 2 is 2.00 bits per heavy atom. The standard InChI is InChI=1S/C18H21N5O2S/c1-11-8-14(21(3)20-11)16-12(2)19-18-23(17(16)25)13(10-26-18)9-15(24)22-6-4-5-7-22/h8,10H,4-7,9H2,1-3H3. The number of carbonyl (C=O) groups is 1. The molecule has 8 heteroatoms. The predicted octanol–water partition coefficient (Wildman–Crippen LogP) is 1.94. The molecule has 4 rings (SSSR count). The van der Waals surface area contributed by atoms with Crippen LogP contribution in [-0.2, 0) is 18.3 Å². The van der Waals surface area contributed by atoms with Gasteiger partial charge in [-0.15, -0.1) is 11.3 Å². The van der Waals surface area contributed by atoms with E-state index in [1.807, 2.05) is 37.2 Å². The van der Waals surface area contributed by atoms with E-state index in [0.29, 0.717) is 21.9 Å². The lowest BCUT2D eigenvalue weighted by molar-refractivity contribution is -0.129. The molecule has 1 aliphatic rings. The van der Waals surface area contributed by atoms with Gasteiger partial charge in [-0.3, -0.25) is 18.7 Å². The average molecular weight is 371 g/mol. The van der Waals surface area contributed by atoms with E-state index in [9.17, 15) is 9.59 Å². The van der Waals surface area contributed by atoms with Crippen LogP contribution >= 0.6 is 11.3 Å². The van der Waals surface area contributed by atoms with Crippen LogP contribution in [0.2, 0.25) is 0 Å². The monoisotopic (exact) mass is 371 g/mol. The van der Waals surface area contributed by atoms with Gasteiger partial charge in [0.2, 0.25) is 5.91 Å². The zero-order chi connectivity index (χ0) is 18.4. The Bertz CT molecular complexity index is 1060. The largest absolute Gasteiger partial charge is 0.342 e. The first-order valence-electron chi connectivity index (χ1n) is 8.74.